The number of methoxy groups -OCH3 is 1. The minimum atomic E-state index is -0.596. The van der Waals surface area contributed by atoms with Crippen molar-refractivity contribution in [2.45, 2.75) is 58.3 Å². The van der Waals surface area contributed by atoms with Gasteiger partial charge in [-0.1, -0.05) is 31.4 Å². The van der Waals surface area contributed by atoms with Crippen LogP contribution in [0, 0.1) is 11.8 Å². The molecule has 198 valence electrons. The van der Waals surface area contributed by atoms with Gasteiger partial charge in [0.25, 0.3) is 0 Å². The molecule has 1 saturated carbocycles. The van der Waals surface area contributed by atoms with E-state index in [4.69, 9.17) is 31.1 Å². The molecule has 11 heteroatoms. The number of hydrogen-bond donors (Lipinski definition) is 2. The first-order valence-electron chi connectivity index (χ1n) is 12.8. The Morgan fingerprint density at radius 2 is 2.03 bits per heavy atom. The van der Waals surface area contributed by atoms with E-state index in [2.05, 4.69) is 39.1 Å². The molecule has 0 radical (unpaired) electrons. The molecule has 2 fully saturated rings. The van der Waals surface area contributed by atoms with Crippen LogP contribution in [-0.2, 0) is 16.1 Å². The van der Waals surface area contributed by atoms with E-state index in [1.54, 1.807) is 19.5 Å². The molecular weight excluding hydrogens is 494 g/mol. The average Bonchev–Trinajstić information content (AvgIpc) is 3.48. The van der Waals surface area contributed by atoms with Gasteiger partial charge in [0.1, 0.15) is 0 Å². The summed E-state index contributed by atoms with van der Waals surface area (Å²) >= 11 is 6.35. The Morgan fingerprint density at radius 1 is 1.24 bits per heavy atom. The van der Waals surface area contributed by atoms with Gasteiger partial charge in [0.2, 0.25) is 5.95 Å². The van der Waals surface area contributed by atoms with Crippen LogP contribution in [0.15, 0.2) is 24.5 Å². The summed E-state index contributed by atoms with van der Waals surface area (Å²) < 4.78 is 7.75. The zero-order valence-electron chi connectivity index (χ0n) is 21.7. The third-order valence-electron chi connectivity index (χ3n) is 7.49. The SMILES string of the molecule is COCC(C)N(C)c1nc2cc(C3NOC(=O)N3)nc(-c3cncc(Cl)c3)c2n1CC1CCC(C)CC1. The Morgan fingerprint density at radius 3 is 2.70 bits per heavy atom. The molecule has 1 aliphatic carbocycles. The molecule has 37 heavy (non-hydrogen) atoms. The fraction of sp³-hybridized carbons (Fsp3) is 0.538. The van der Waals surface area contributed by atoms with Gasteiger partial charge in [-0.15, -0.1) is 5.48 Å². The molecule has 10 nitrogen and oxygen atoms in total. The summed E-state index contributed by atoms with van der Waals surface area (Å²) in [5.41, 5.74) is 6.47. The topological polar surface area (TPSA) is 106 Å². The molecule has 2 N–H and O–H groups in total. The molecule has 2 aliphatic rings. The predicted molar refractivity (Wildman–Crippen MR) is 142 cm³/mol. The number of rotatable bonds is 8. The lowest BCUT2D eigenvalue weighted by atomic mass is 9.83. The third-order valence-corrected chi connectivity index (χ3v) is 7.70. The standard InChI is InChI=1S/C26H34ClN7O3/c1-15-5-7-17(8-6-15)13-34-23-20(30-25(34)33(3)16(2)14-36-4)10-21(24-31-26(35)37-32-24)29-22(23)18-9-19(27)12-28-11-18/h9-12,15-17,24,32H,5-8,13-14H2,1-4H3,(H,31,35). The van der Waals surface area contributed by atoms with Crippen LogP contribution >= 0.6 is 11.6 Å². The van der Waals surface area contributed by atoms with E-state index in [-0.39, 0.29) is 6.04 Å². The van der Waals surface area contributed by atoms with E-state index in [0.717, 1.165) is 35.0 Å². The number of carbonyl (C=O) groups excluding carboxylic acids is 1. The maximum Gasteiger partial charge on any atom is 0.427 e. The van der Waals surface area contributed by atoms with E-state index in [0.29, 0.717) is 28.9 Å². The molecule has 1 amide bonds. The van der Waals surface area contributed by atoms with Crippen molar-refractivity contribution in [3.63, 3.8) is 0 Å². The van der Waals surface area contributed by atoms with E-state index < -0.39 is 12.3 Å². The second kappa shape index (κ2) is 10.8. The number of hydrogen-bond acceptors (Lipinski definition) is 8. The largest absolute Gasteiger partial charge is 0.427 e. The van der Waals surface area contributed by atoms with Crippen molar-refractivity contribution in [3.8, 4) is 11.3 Å². The maximum absolute atomic E-state index is 11.7. The van der Waals surface area contributed by atoms with Gasteiger partial charge >= 0.3 is 6.09 Å². The summed E-state index contributed by atoms with van der Waals surface area (Å²) in [5.74, 6) is 2.18. The molecule has 1 aliphatic heterocycles. The van der Waals surface area contributed by atoms with Crippen LogP contribution in [-0.4, -0.2) is 52.4 Å². The Labute approximate surface area is 221 Å². The van der Waals surface area contributed by atoms with Crippen molar-refractivity contribution in [2.24, 2.45) is 11.8 Å². The summed E-state index contributed by atoms with van der Waals surface area (Å²) in [6.07, 6.45) is 7.06. The second-order valence-corrected chi connectivity index (χ2v) is 10.7. The van der Waals surface area contributed by atoms with Crippen molar-refractivity contribution in [1.82, 2.24) is 30.3 Å². The quantitative estimate of drug-likeness (QED) is 0.434. The number of nitrogens with zero attached hydrogens (tertiary/aromatic N) is 5. The van der Waals surface area contributed by atoms with Gasteiger partial charge in [0.15, 0.2) is 6.17 Å². The summed E-state index contributed by atoms with van der Waals surface area (Å²) in [6.45, 7) is 5.87. The first-order chi connectivity index (χ1) is 17.8. The number of likely N-dealkylation sites (N-methyl/N-ethyl adjacent to an activating group) is 1. The molecule has 3 aromatic heterocycles. The van der Waals surface area contributed by atoms with Gasteiger partial charge in [-0.2, -0.15) is 0 Å². The highest BCUT2D eigenvalue weighted by Crippen LogP contribution is 2.37. The highest BCUT2D eigenvalue weighted by Gasteiger charge is 2.30. The molecule has 0 bridgehead atoms. The van der Waals surface area contributed by atoms with Crippen molar-refractivity contribution < 1.29 is 14.4 Å². The van der Waals surface area contributed by atoms with Gasteiger partial charge in [-0.05, 0) is 43.7 Å². The molecule has 4 heterocycles. The highest BCUT2D eigenvalue weighted by atomic mass is 35.5. The lowest BCUT2D eigenvalue weighted by Crippen LogP contribution is -2.35. The summed E-state index contributed by atoms with van der Waals surface area (Å²) in [6, 6.07) is 3.87. The summed E-state index contributed by atoms with van der Waals surface area (Å²) in [7, 11) is 3.76. The monoisotopic (exact) mass is 527 g/mol. The number of halogens is 1. The molecule has 0 spiro atoms. The molecule has 0 aromatic carbocycles. The van der Waals surface area contributed by atoms with Crippen LogP contribution in [0.4, 0.5) is 10.7 Å². The number of aromatic nitrogens is 4. The van der Waals surface area contributed by atoms with Crippen LogP contribution in [0.5, 0.6) is 0 Å². The second-order valence-electron chi connectivity index (χ2n) is 10.3. The number of imidazole rings is 1. The lowest BCUT2D eigenvalue weighted by molar-refractivity contribution is 0.121. The predicted octanol–water partition coefficient (Wildman–Crippen LogP) is 4.69. The number of ether oxygens (including phenoxy) is 1. The number of hydroxylamine groups is 1. The first-order valence-corrected chi connectivity index (χ1v) is 13.2. The number of pyridine rings is 2. The molecule has 3 aromatic rings. The van der Waals surface area contributed by atoms with E-state index in [1.807, 2.05) is 19.2 Å². The Kier molecular flexibility index (Phi) is 7.50. The zero-order valence-corrected chi connectivity index (χ0v) is 22.5. The first kappa shape index (κ1) is 25.7. The summed E-state index contributed by atoms with van der Waals surface area (Å²) in [4.78, 5) is 33.2. The van der Waals surface area contributed by atoms with Gasteiger partial charge in [-0.25, -0.2) is 14.8 Å². The van der Waals surface area contributed by atoms with Gasteiger partial charge < -0.3 is 19.0 Å². The van der Waals surface area contributed by atoms with E-state index >= 15 is 0 Å². The van der Waals surface area contributed by atoms with Crippen molar-refractivity contribution in [1.29, 1.82) is 0 Å². The summed E-state index contributed by atoms with van der Waals surface area (Å²) in [5, 5.41) is 3.26. The van der Waals surface area contributed by atoms with Crippen molar-refractivity contribution in [3.05, 3.63) is 35.2 Å². The zero-order chi connectivity index (χ0) is 26.1. The Bertz CT molecular complexity index is 1270. The normalized spacial score (nSPS) is 22.6. The third kappa shape index (κ3) is 5.37. The van der Waals surface area contributed by atoms with Crippen LogP contribution in [0.1, 0.15) is 51.4 Å². The fourth-order valence-electron chi connectivity index (χ4n) is 5.24. The maximum atomic E-state index is 11.7. The smallest absolute Gasteiger partial charge is 0.383 e. The lowest BCUT2D eigenvalue weighted by Gasteiger charge is -2.30. The van der Waals surface area contributed by atoms with Crippen LogP contribution < -0.4 is 15.7 Å². The molecular formula is C26H34ClN7O3. The minimum absolute atomic E-state index is 0.111. The van der Waals surface area contributed by atoms with Crippen LogP contribution in [0.25, 0.3) is 22.3 Å². The van der Waals surface area contributed by atoms with Gasteiger partial charge in [0.05, 0.1) is 40.1 Å². The molecule has 5 rings (SSSR count). The van der Waals surface area contributed by atoms with Crippen molar-refractivity contribution in [2.75, 3.05) is 25.7 Å². The highest BCUT2D eigenvalue weighted by molar-refractivity contribution is 6.30. The number of anilines is 1. The van der Waals surface area contributed by atoms with E-state index in [9.17, 15) is 4.79 Å². The number of amides is 1. The van der Waals surface area contributed by atoms with Gasteiger partial charge in [-0.3, -0.25) is 10.3 Å². The van der Waals surface area contributed by atoms with Crippen molar-refractivity contribution >= 4 is 34.7 Å². The van der Waals surface area contributed by atoms with Crippen LogP contribution in [0.3, 0.4) is 0 Å². The van der Waals surface area contributed by atoms with Crippen LogP contribution in [0.2, 0.25) is 5.02 Å². The average molecular weight is 528 g/mol. The Balaban J connectivity index is 1.69. The Hall–Kier alpha value is -2.95. The minimum Gasteiger partial charge on any atom is -0.383 e. The molecule has 2 unspecified atom stereocenters. The molecule has 1 saturated heterocycles. The number of nitrogens with one attached hydrogen (secondary N) is 2. The van der Waals surface area contributed by atoms with Gasteiger partial charge in [0, 0.05) is 38.7 Å². The number of carbonyl (C=O) groups is 1. The van der Waals surface area contributed by atoms with E-state index in [1.165, 1.54) is 25.7 Å². The number of fused-ring (bicyclic) bond motifs is 1. The molecule has 2 atom stereocenters. The fourth-order valence-corrected chi connectivity index (χ4v) is 5.41.